The summed E-state index contributed by atoms with van der Waals surface area (Å²) in [6.45, 7) is 6.02. The van der Waals surface area contributed by atoms with Gasteiger partial charge in [-0.15, -0.1) is 0 Å². The third kappa shape index (κ3) is 3.15. The van der Waals surface area contributed by atoms with Gasteiger partial charge >= 0.3 is 0 Å². The molecule has 1 aromatic heterocycles. The van der Waals surface area contributed by atoms with Crippen molar-refractivity contribution >= 4 is 22.8 Å². The number of rotatable bonds is 3. The van der Waals surface area contributed by atoms with Gasteiger partial charge in [-0.1, -0.05) is 41.6 Å². The van der Waals surface area contributed by atoms with E-state index in [9.17, 15) is 4.79 Å². The minimum Gasteiger partial charge on any atom is -0.304 e. The summed E-state index contributed by atoms with van der Waals surface area (Å²) >= 11 is 1.46. The number of carbonyl (C=O) groups excluding carboxylic acids is 1. The highest BCUT2D eigenvalue weighted by atomic mass is 32.2. The number of thioether (sulfide) groups is 1. The van der Waals surface area contributed by atoms with Gasteiger partial charge in [-0.05, 0) is 44.0 Å². The minimum absolute atomic E-state index is 0.00168. The summed E-state index contributed by atoms with van der Waals surface area (Å²) in [6, 6.07) is 12.1. The predicted molar refractivity (Wildman–Crippen MR) is 94.4 cm³/mol. The summed E-state index contributed by atoms with van der Waals surface area (Å²) in [5, 5.41) is 3.58. The van der Waals surface area contributed by atoms with Gasteiger partial charge in [0.2, 0.25) is 5.91 Å². The van der Waals surface area contributed by atoms with E-state index >= 15 is 0 Å². The van der Waals surface area contributed by atoms with E-state index in [0.29, 0.717) is 5.17 Å². The number of amides is 1. The van der Waals surface area contributed by atoms with Crippen molar-refractivity contribution in [1.29, 1.82) is 0 Å². The van der Waals surface area contributed by atoms with Crippen molar-refractivity contribution in [2.24, 2.45) is 4.99 Å². The second-order valence-corrected chi connectivity index (χ2v) is 7.25. The second-order valence-electron chi connectivity index (χ2n) is 5.85. The lowest BCUT2D eigenvalue weighted by atomic mass is 10.0. The highest BCUT2D eigenvalue weighted by Gasteiger charge is 2.44. The number of aliphatic imine (C=N–C) groups is 1. The largest absolute Gasteiger partial charge is 0.304 e. The lowest BCUT2D eigenvalue weighted by molar-refractivity contribution is -0.121. The van der Waals surface area contributed by atoms with Gasteiger partial charge in [0.05, 0.1) is 6.04 Å². The van der Waals surface area contributed by atoms with Crippen LogP contribution in [0.4, 0.5) is 0 Å². The highest BCUT2D eigenvalue weighted by Crippen LogP contribution is 2.41. The Morgan fingerprint density at radius 1 is 1.17 bits per heavy atom. The average molecular weight is 325 g/mol. The normalized spacial score (nSPS) is 23.8. The molecule has 0 spiro atoms. The van der Waals surface area contributed by atoms with Crippen molar-refractivity contribution in [2.75, 3.05) is 0 Å². The Labute approximate surface area is 140 Å². The number of amidine groups is 1. The second kappa shape index (κ2) is 6.16. The number of nitrogens with one attached hydrogen (secondary N) is 1. The fraction of sp³-hybridized carbons (Fsp3) is 0.278. The zero-order chi connectivity index (χ0) is 16.4. The van der Waals surface area contributed by atoms with Crippen LogP contribution in [0, 0.1) is 6.92 Å². The Morgan fingerprint density at radius 3 is 2.48 bits per heavy atom. The van der Waals surface area contributed by atoms with Crippen molar-refractivity contribution in [1.82, 2.24) is 10.3 Å². The molecule has 23 heavy (non-hydrogen) atoms. The fourth-order valence-corrected chi connectivity index (χ4v) is 3.63. The lowest BCUT2D eigenvalue weighted by Crippen LogP contribution is -2.31. The first-order chi connectivity index (χ1) is 11.0. The Kier molecular flexibility index (Phi) is 4.22. The van der Waals surface area contributed by atoms with E-state index in [1.165, 1.54) is 17.3 Å². The number of hydrogen-bond acceptors (Lipinski definition) is 4. The van der Waals surface area contributed by atoms with Gasteiger partial charge in [0.25, 0.3) is 0 Å². The Bertz CT molecular complexity index is 743. The molecule has 0 saturated carbocycles. The molecule has 1 fully saturated rings. The third-order valence-electron chi connectivity index (χ3n) is 4.06. The van der Waals surface area contributed by atoms with Crippen LogP contribution in [0.25, 0.3) is 0 Å². The summed E-state index contributed by atoms with van der Waals surface area (Å²) < 4.78 is -0.658. The smallest absolute Gasteiger partial charge is 0.246 e. The van der Waals surface area contributed by atoms with Crippen molar-refractivity contribution in [2.45, 2.75) is 31.6 Å². The maximum absolute atomic E-state index is 12.4. The van der Waals surface area contributed by atoms with Crippen LogP contribution in [-0.4, -0.2) is 16.1 Å². The maximum Gasteiger partial charge on any atom is 0.246 e. The lowest BCUT2D eigenvalue weighted by Gasteiger charge is -2.18. The monoisotopic (exact) mass is 325 g/mol. The molecule has 1 saturated heterocycles. The van der Waals surface area contributed by atoms with Gasteiger partial charge in [0.15, 0.2) is 5.17 Å². The Morgan fingerprint density at radius 2 is 1.83 bits per heavy atom. The molecule has 2 atom stereocenters. The Balaban J connectivity index is 1.83. The predicted octanol–water partition coefficient (Wildman–Crippen LogP) is 3.59. The molecule has 2 aromatic rings. The number of nitrogens with zero attached hydrogens (tertiary/aromatic N) is 2. The zero-order valence-corrected chi connectivity index (χ0v) is 14.2. The number of aryl methyl sites for hydroxylation is 1. The summed E-state index contributed by atoms with van der Waals surface area (Å²) in [5.74, 6) is -0.0384. The van der Waals surface area contributed by atoms with Crippen LogP contribution in [0.1, 0.15) is 36.6 Å². The van der Waals surface area contributed by atoms with Crippen molar-refractivity contribution in [3.8, 4) is 0 Å². The van der Waals surface area contributed by atoms with E-state index in [4.69, 9.17) is 0 Å². The molecule has 1 aliphatic heterocycles. The van der Waals surface area contributed by atoms with Gasteiger partial charge < -0.3 is 5.32 Å². The van der Waals surface area contributed by atoms with Gasteiger partial charge in [0.1, 0.15) is 4.75 Å². The van der Waals surface area contributed by atoms with Crippen LogP contribution in [0.3, 0.4) is 0 Å². The van der Waals surface area contributed by atoms with Crippen LogP contribution >= 0.6 is 11.8 Å². The number of benzene rings is 1. The van der Waals surface area contributed by atoms with Crippen molar-refractivity contribution < 1.29 is 4.79 Å². The molecule has 0 unspecified atom stereocenters. The van der Waals surface area contributed by atoms with E-state index in [2.05, 4.69) is 46.5 Å². The number of carbonyl (C=O) groups is 1. The van der Waals surface area contributed by atoms with E-state index in [-0.39, 0.29) is 11.9 Å². The molecule has 0 aliphatic carbocycles. The van der Waals surface area contributed by atoms with Crippen LogP contribution in [0.5, 0.6) is 0 Å². The van der Waals surface area contributed by atoms with Crippen molar-refractivity contribution in [3.05, 3.63) is 65.5 Å². The first-order valence-electron chi connectivity index (χ1n) is 7.54. The molecule has 1 amide bonds. The number of aromatic nitrogens is 1. The maximum atomic E-state index is 12.4. The highest BCUT2D eigenvalue weighted by molar-refractivity contribution is 8.15. The van der Waals surface area contributed by atoms with Crippen LogP contribution < -0.4 is 5.32 Å². The molecule has 0 radical (unpaired) electrons. The molecule has 118 valence electrons. The molecular weight excluding hydrogens is 306 g/mol. The van der Waals surface area contributed by atoms with Crippen LogP contribution in [-0.2, 0) is 9.54 Å². The van der Waals surface area contributed by atoms with Crippen LogP contribution in [0.15, 0.2) is 53.8 Å². The molecule has 1 N–H and O–H groups in total. The molecule has 5 heteroatoms. The molecule has 3 rings (SSSR count). The SMILES string of the molecule is Cc1ccc([C@H](C)N=C2NC(=O)[C@@](C)(c3ccncc3)S2)cc1. The van der Waals surface area contributed by atoms with Crippen LogP contribution in [0.2, 0.25) is 0 Å². The Hall–Kier alpha value is -2.14. The first kappa shape index (κ1) is 15.7. The van der Waals surface area contributed by atoms with E-state index in [1.807, 2.05) is 26.0 Å². The number of hydrogen-bond donors (Lipinski definition) is 1. The average Bonchev–Trinajstić information content (AvgIpc) is 2.84. The molecule has 1 aliphatic rings. The summed E-state index contributed by atoms with van der Waals surface area (Å²) in [7, 11) is 0. The van der Waals surface area contributed by atoms with Gasteiger partial charge in [-0.2, -0.15) is 0 Å². The third-order valence-corrected chi connectivity index (χ3v) is 5.29. The first-order valence-corrected chi connectivity index (χ1v) is 8.36. The topological polar surface area (TPSA) is 54.4 Å². The van der Waals surface area contributed by atoms with E-state index < -0.39 is 4.75 Å². The number of pyridine rings is 1. The summed E-state index contributed by atoms with van der Waals surface area (Å²) in [4.78, 5) is 21.1. The fourth-order valence-electron chi connectivity index (χ4n) is 2.50. The quantitative estimate of drug-likeness (QED) is 0.938. The summed E-state index contributed by atoms with van der Waals surface area (Å²) in [5.41, 5.74) is 3.29. The van der Waals surface area contributed by atoms with Gasteiger partial charge in [-0.3, -0.25) is 14.8 Å². The molecule has 4 nitrogen and oxygen atoms in total. The summed E-state index contributed by atoms with van der Waals surface area (Å²) in [6.07, 6.45) is 3.41. The van der Waals surface area contributed by atoms with E-state index in [0.717, 1.165) is 11.1 Å². The van der Waals surface area contributed by atoms with Crippen molar-refractivity contribution in [3.63, 3.8) is 0 Å². The minimum atomic E-state index is -0.658. The zero-order valence-electron chi connectivity index (χ0n) is 13.4. The molecule has 0 bridgehead atoms. The van der Waals surface area contributed by atoms with Gasteiger partial charge in [-0.25, -0.2) is 0 Å². The molecular formula is C18H19N3OS. The standard InChI is InChI=1S/C18H19N3OS/c1-12-4-6-14(7-5-12)13(2)20-17-21-16(22)18(3,23-17)15-8-10-19-11-9-15/h4-11,13H,1-3H3,(H,20,21,22)/t13-,18+/m0/s1. The van der Waals surface area contributed by atoms with Gasteiger partial charge in [0, 0.05) is 12.4 Å². The molecule has 2 heterocycles. The molecule has 1 aromatic carbocycles. The van der Waals surface area contributed by atoms with E-state index in [1.54, 1.807) is 12.4 Å².